The van der Waals surface area contributed by atoms with E-state index >= 15 is 0 Å². The molecule has 38 heavy (non-hydrogen) atoms. The third-order valence-electron chi connectivity index (χ3n) is 7.64. The lowest BCUT2D eigenvalue weighted by atomic mass is 9.83. The monoisotopic (exact) mass is 544 g/mol. The van der Waals surface area contributed by atoms with Gasteiger partial charge < -0.3 is 61.1 Å². The van der Waals surface area contributed by atoms with Crippen LogP contribution in [0, 0.1) is 5.92 Å². The third-order valence-corrected chi connectivity index (χ3v) is 7.64. The third kappa shape index (κ3) is 7.22. The minimum atomic E-state index is -1.56. The minimum Gasteiger partial charge on any atom is -0.468 e. The molecule has 3 fully saturated rings. The molecule has 2 saturated heterocycles. The number of nitrogens with two attached hydrogens (primary N) is 1. The zero-order chi connectivity index (χ0) is 27.3. The number of amides is 1. The van der Waals surface area contributed by atoms with E-state index in [1.807, 2.05) is 13.0 Å². The highest BCUT2D eigenvalue weighted by molar-refractivity contribution is 5.86. The molecule has 4 aliphatic rings. The summed E-state index contributed by atoms with van der Waals surface area (Å²) in [6.45, 7) is 3.88. The van der Waals surface area contributed by atoms with Crippen LogP contribution in [0.25, 0.3) is 0 Å². The van der Waals surface area contributed by atoms with E-state index in [0.717, 1.165) is 0 Å². The van der Waals surface area contributed by atoms with Crippen molar-refractivity contribution in [2.24, 2.45) is 11.7 Å². The van der Waals surface area contributed by atoms with Gasteiger partial charge in [0.05, 0.1) is 25.8 Å². The number of nitrogens with one attached hydrogen (secondary N) is 3. The van der Waals surface area contributed by atoms with Crippen molar-refractivity contribution in [2.75, 3.05) is 39.4 Å². The summed E-state index contributed by atoms with van der Waals surface area (Å²) in [5, 5.41) is 50.6. The van der Waals surface area contributed by atoms with E-state index in [-0.39, 0.29) is 31.9 Å². The van der Waals surface area contributed by atoms with Crippen molar-refractivity contribution in [2.45, 2.75) is 93.7 Å². The summed E-state index contributed by atoms with van der Waals surface area (Å²) in [5.74, 6) is 0.264. The molecule has 0 bridgehead atoms. The SMILES string of the molecule is C[C@@H]1CO[C@H](O[C@@H]2[C@@H](O)[C@H](O[C@@H]3CCC=C(CNCCO)O3)[C@@H](N)C[C@H]2NC(=O)C2(O)CCNC2)[C@H](O)C1. The number of allylic oxidation sites excluding steroid dienone is 1. The second kappa shape index (κ2) is 13.3. The van der Waals surface area contributed by atoms with Gasteiger partial charge in [-0.1, -0.05) is 6.92 Å². The molecule has 218 valence electrons. The molecule has 1 saturated carbocycles. The van der Waals surface area contributed by atoms with E-state index in [9.17, 15) is 20.1 Å². The molecule has 0 aromatic rings. The summed E-state index contributed by atoms with van der Waals surface area (Å²) in [7, 11) is 0. The standard InChI is InChI=1S/C25H44N4O9/c1-14-9-18(31)23(35-12-14)38-22-17(29-24(33)25(34)5-6-28-13-25)10-16(26)21(20(22)32)37-19-4-2-3-15(36-19)11-27-7-8-30/h3,14,16-23,27-28,30-32,34H,2,4-13,26H2,1H3,(H,29,33)/t14-,16-,17+,18+,19+,20-,21+,22-,23+,25?/m0/s1. The van der Waals surface area contributed by atoms with Crippen LogP contribution in [0.15, 0.2) is 11.8 Å². The molecular formula is C25H44N4O9. The maximum atomic E-state index is 13.0. The first-order valence-corrected chi connectivity index (χ1v) is 13.7. The van der Waals surface area contributed by atoms with Crippen LogP contribution in [0.3, 0.4) is 0 Å². The number of β-amino-alcohol motifs (C(OH)–C–C–N with tert-alkyl or cyclic N) is 1. The Kier molecular flexibility index (Phi) is 10.4. The normalized spacial score (nSPS) is 41.8. The summed E-state index contributed by atoms with van der Waals surface area (Å²) >= 11 is 0. The van der Waals surface area contributed by atoms with E-state index < -0.39 is 60.6 Å². The van der Waals surface area contributed by atoms with Gasteiger partial charge in [-0.2, -0.15) is 0 Å². The second-order valence-corrected chi connectivity index (χ2v) is 10.9. The van der Waals surface area contributed by atoms with Gasteiger partial charge >= 0.3 is 0 Å². The fourth-order valence-corrected chi connectivity index (χ4v) is 5.49. The molecule has 0 aromatic heterocycles. The molecule has 1 aliphatic carbocycles. The first kappa shape index (κ1) is 29.6. The van der Waals surface area contributed by atoms with Gasteiger partial charge in [-0.05, 0) is 44.2 Å². The van der Waals surface area contributed by atoms with Crippen molar-refractivity contribution >= 4 is 5.91 Å². The fraction of sp³-hybridized carbons (Fsp3) is 0.880. The molecule has 3 heterocycles. The Hall–Kier alpha value is -1.39. The van der Waals surface area contributed by atoms with E-state index in [0.29, 0.717) is 51.3 Å². The van der Waals surface area contributed by atoms with Crippen LogP contribution in [0.4, 0.5) is 0 Å². The summed E-state index contributed by atoms with van der Waals surface area (Å²) in [6.07, 6.45) is -1.54. The summed E-state index contributed by atoms with van der Waals surface area (Å²) in [6, 6.07) is -1.42. The molecule has 13 heteroatoms. The topological polar surface area (TPSA) is 197 Å². The number of hydrogen-bond acceptors (Lipinski definition) is 12. The quantitative estimate of drug-likeness (QED) is 0.134. The molecule has 0 aromatic carbocycles. The van der Waals surface area contributed by atoms with E-state index in [1.54, 1.807) is 0 Å². The van der Waals surface area contributed by atoms with Crippen LogP contribution in [-0.2, 0) is 23.7 Å². The number of rotatable bonds is 10. The Morgan fingerprint density at radius 1 is 1.29 bits per heavy atom. The Labute approximate surface area is 223 Å². The molecule has 4 rings (SSSR count). The first-order chi connectivity index (χ1) is 18.2. The highest BCUT2D eigenvalue weighted by atomic mass is 16.7. The number of aliphatic hydroxyl groups excluding tert-OH is 3. The zero-order valence-corrected chi connectivity index (χ0v) is 22.0. The number of hydrogen-bond donors (Lipinski definition) is 8. The van der Waals surface area contributed by atoms with Gasteiger partial charge in [0.15, 0.2) is 18.2 Å². The summed E-state index contributed by atoms with van der Waals surface area (Å²) < 4.78 is 23.9. The van der Waals surface area contributed by atoms with E-state index in [2.05, 4.69) is 16.0 Å². The molecule has 0 spiro atoms. The van der Waals surface area contributed by atoms with Gasteiger partial charge in [-0.3, -0.25) is 4.79 Å². The van der Waals surface area contributed by atoms with Crippen molar-refractivity contribution in [3.63, 3.8) is 0 Å². The lowest BCUT2D eigenvalue weighted by Gasteiger charge is -2.46. The average molecular weight is 545 g/mol. The van der Waals surface area contributed by atoms with Gasteiger partial charge in [0.25, 0.3) is 5.91 Å². The highest BCUT2D eigenvalue weighted by Crippen LogP contribution is 2.31. The Morgan fingerprint density at radius 3 is 2.82 bits per heavy atom. The molecule has 0 radical (unpaired) electrons. The number of ether oxygens (including phenoxy) is 4. The van der Waals surface area contributed by atoms with Crippen molar-refractivity contribution in [3.05, 3.63) is 11.8 Å². The molecular weight excluding hydrogens is 500 g/mol. The lowest BCUT2D eigenvalue weighted by Crippen LogP contribution is -2.67. The van der Waals surface area contributed by atoms with Crippen molar-refractivity contribution < 1.29 is 44.2 Å². The van der Waals surface area contributed by atoms with Gasteiger partial charge in [0.2, 0.25) is 0 Å². The van der Waals surface area contributed by atoms with Crippen molar-refractivity contribution in [1.82, 2.24) is 16.0 Å². The van der Waals surface area contributed by atoms with Crippen molar-refractivity contribution in [3.8, 4) is 0 Å². The first-order valence-electron chi connectivity index (χ1n) is 13.7. The predicted octanol–water partition coefficient (Wildman–Crippen LogP) is -2.60. The number of carbonyl (C=O) groups excluding carboxylic acids is 1. The van der Waals surface area contributed by atoms with E-state index in [4.69, 9.17) is 29.8 Å². The molecule has 10 atom stereocenters. The average Bonchev–Trinajstić information content (AvgIpc) is 3.33. The maximum Gasteiger partial charge on any atom is 0.253 e. The smallest absolute Gasteiger partial charge is 0.253 e. The predicted molar refractivity (Wildman–Crippen MR) is 134 cm³/mol. The van der Waals surface area contributed by atoms with Gasteiger partial charge in [0, 0.05) is 25.6 Å². The zero-order valence-electron chi connectivity index (χ0n) is 22.0. The minimum absolute atomic E-state index is 0.0155. The lowest BCUT2D eigenvalue weighted by molar-refractivity contribution is -0.282. The second-order valence-electron chi connectivity index (χ2n) is 10.9. The van der Waals surface area contributed by atoms with Crippen LogP contribution in [0.2, 0.25) is 0 Å². The summed E-state index contributed by atoms with van der Waals surface area (Å²) in [4.78, 5) is 13.0. The Balaban J connectivity index is 1.45. The number of aliphatic hydroxyl groups is 4. The highest BCUT2D eigenvalue weighted by Gasteiger charge is 2.50. The molecule has 1 unspecified atom stereocenters. The molecule has 13 nitrogen and oxygen atoms in total. The Bertz CT molecular complexity index is 812. The molecule has 3 aliphatic heterocycles. The van der Waals surface area contributed by atoms with Crippen LogP contribution < -0.4 is 21.7 Å². The van der Waals surface area contributed by atoms with Crippen LogP contribution in [0.5, 0.6) is 0 Å². The summed E-state index contributed by atoms with van der Waals surface area (Å²) in [5.41, 5.74) is 4.89. The largest absolute Gasteiger partial charge is 0.468 e. The Morgan fingerprint density at radius 2 is 2.11 bits per heavy atom. The van der Waals surface area contributed by atoms with Gasteiger partial charge in [-0.25, -0.2) is 0 Å². The van der Waals surface area contributed by atoms with E-state index in [1.165, 1.54) is 0 Å². The molecule has 1 amide bonds. The fourth-order valence-electron chi connectivity index (χ4n) is 5.49. The van der Waals surface area contributed by atoms with Crippen LogP contribution in [-0.4, -0.2) is 120 Å². The van der Waals surface area contributed by atoms with Gasteiger partial charge in [0.1, 0.15) is 30.2 Å². The molecule has 9 N–H and O–H groups in total. The van der Waals surface area contributed by atoms with Crippen LogP contribution in [0.1, 0.15) is 39.0 Å². The van der Waals surface area contributed by atoms with Crippen molar-refractivity contribution in [1.29, 1.82) is 0 Å². The van der Waals surface area contributed by atoms with Crippen LogP contribution >= 0.6 is 0 Å². The van der Waals surface area contributed by atoms with Gasteiger partial charge in [-0.15, -0.1) is 0 Å². The maximum absolute atomic E-state index is 13.0. The number of carbonyl (C=O) groups is 1.